The highest BCUT2D eigenvalue weighted by Crippen LogP contribution is 2.12. The van der Waals surface area contributed by atoms with E-state index in [2.05, 4.69) is 46.9 Å². The van der Waals surface area contributed by atoms with E-state index in [0.717, 1.165) is 17.3 Å². The molecule has 2 aromatic rings. The van der Waals surface area contributed by atoms with Crippen molar-refractivity contribution >= 4 is 28.6 Å². The monoisotopic (exact) mass is 366 g/mol. The van der Waals surface area contributed by atoms with Gasteiger partial charge in [0, 0.05) is 4.43 Å². The zero-order valence-corrected chi connectivity index (χ0v) is 12.6. The molecular weight excluding hydrogens is 351 g/mol. The van der Waals surface area contributed by atoms with Gasteiger partial charge in [0.1, 0.15) is 0 Å². The van der Waals surface area contributed by atoms with E-state index in [1.807, 2.05) is 12.1 Å². The lowest BCUT2D eigenvalue weighted by Crippen LogP contribution is -1.97. The van der Waals surface area contributed by atoms with Gasteiger partial charge in [-0.15, -0.1) is 0 Å². The zero-order chi connectivity index (χ0) is 13.7. The molecule has 0 aliphatic rings. The zero-order valence-electron chi connectivity index (χ0n) is 10.5. The van der Waals surface area contributed by atoms with E-state index in [9.17, 15) is 4.79 Å². The van der Waals surface area contributed by atoms with Gasteiger partial charge >= 0.3 is 5.97 Å². The Morgan fingerprint density at radius 2 is 1.26 bits per heavy atom. The fraction of sp³-hybridized carbons (Fsp3) is 0.188. The predicted molar refractivity (Wildman–Crippen MR) is 85.0 cm³/mol. The summed E-state index contributed by atoms with van der Waals surface area (Å²) in [5, 5.41) is 8.83. The fourth-order valence-electron chi connectivity index (χ4n) is 1.90. The average molecular weight is 366 g/mol. The van der Waals surface area contributed by atoms with E-state index in [4.69, 9.17) is 5.11 Å². The van der Waals surface area contributed by atoms with Gasteiger partial charge in [0.25, 0.3) is 0 Å². The smallest absolute Gasteiger partial charge is 0.335 e. The Balaban J connectivity index is 1.95. The van der Waals surface area contributed by atoms with Crippen molar-refractivity contribution in [1.29, 1.82) is 0 Å². The van der Waals surface area contributed by atoms with Gasteiger partial charge in [-0.2, -0.15) is 0 Å². The van der Waals surface area contributed by atoms with Crippen molar-refractivity contribution in [1.82, 2.24) is 0 Å². The number of hydrogen-bond acceptors (Lipinski definition) is 1. The van der Waals surface area contributed by atoms with Crippen LogP contribution in [0.5, 0.6) is 0 Å². The van der Waals surface area contributed by atoms with Gasteiger partial charge < -0.3 is 5.11 Å². The number of aryl methyl sites for hydroxylation is 2. The molecule has 2 aromatic carbocycles. The first kappa shape index (κ1) is 14.1. The van der Waals surface area contributed by atoms with Crippen LogP contribution in [0.2, 0.25) is 0 Å². The van der Waals surface area contributed by atoms with E-state index in [1.54, 1.807) is 12.1 Å². The Morgan fingerprint density at radius 1 is 0.842 bits per heavy atom. The molecule has 0 aliphatic heterocycles. The molecule has 2 rings (SSSR count). The third-order valence-corrected chi connectivity index (χ3v) is 3.96. The molecule has 0 unspecified atom stereocenters. The summed E-state index contributed by atoms with van der Waals surface area (Å²) >= 11 is 2.36. The van der Waals surface area contributed by atoms with Crippen LogP contribution in [0.25, 0.3) is 0 Å². The topological polar surface area (TPSA) is 37.3 Å². The first-order chi connectivity index (χ1) is 9.19. The molecule has 1 N–H and O–H groups in total. The Labute approximate surface area is 126 Å². The molecule has 0 spiro atoms. The number of alkyl halides is 1. The maximum Gasteiger partial charge on any atom is 0.335 e. The normalized spacial score (nSPS) is 10.4. The average Bonchev–Trinajstić information content (AvgIpc) is 2.46. The van der Waals surface area contributed by atoms with Crippen molar-refractivity contribution in [2.75, 3.05) is 0 Å². The van der Waals surface area contributed by atoms with Crippen LogP contribution >= 0.6 is 22.6 Å². The Morgan fingerprint density at radius 3 is 1.68 bits per heavy atom. The summed E-state index contributed by atoms with van der Waals surface area (Å²) < 4.78 is 1.04. The first-order valence-electron chi connectivity index (χ1n) is 6.15. The Hall–Kier alpha value is -1.36. The van der Waals surface area contributed by atoms with Crippen LogP contribution in [0.3, 0.4) is 0 Å². The highest BCUT2D eigenvalue weighted by Gasteiger charge is 2.02. The Kier molecular flexibility index (Phi) is 4.96. The van der Waals surface area contributed by atoms with Crippen LogP contribution in [0.1, 0.15) is 27.0 Å². The standard InChI is InChI=1S/C16H15IO2/c17-11-14-5-3-12(4-6-14)1-2-13-7-9-15(10-8-13)16(18)19/h3-10H,1-2,11H2,(H,18,19). The van der Waals surface area contributed by atoms with Gasteiger partial charge in [-0.25, -0.2) is 4.79 Å². The maximum atomic E-state index is 10.8. The molecule has 0 saturated heterocycles. The van der Waals surface area contributed by atoms with E-state index in [0.29, 0.717) is 5.56 Å². The van der Waals surface area contributed by atoms with Crippen molar-refractivity contribution in [2.45, 2.75) is 17.3 Å². The molecule has 0 aliphatic carbocycles. The molecule has 0 bridgehead atoms. The quantitative estimate of drug-likeness (QED) is 0.639. The largest absolute Gasteiger partial charge is 0.478 e. The van der Waals surface area contributed by atoms with Crippen molar-refractivity contribution in [2.24, 2.45) is 0 Å². The van der Waals surface area contributed by atoms with Crippen molar-refractivity contribution in [3.8, 4) is 0 Å². The minimum atomic E-state index is -0.874. The van der Waals surface area contributed by atoms with E-state index in [-0.39, 0.29) is 0 Å². The number of aromatic carboxylic acids is 1. The van der Waals surface area contributed by atoms with Gasteiger partial charge in [-0.1, -0.05) is 59.0 Å². The number of carboxylic acids is 1. The predicted octanol–water partition coefficient (Wildman–Crippen LogP) is 4.11. The summed E-state index contributed by atoms with van der Waals surface area (Å²) in [6.45, 7) is 0. The van der Waals surface area contributed by atoms with Gasteiger partial charge in [0.15, 0.2) is 0 Å². The molecule has 19 heavy (non-hydrogen) atoms. The molecule has 0 aromatic heterocycles. The van der Waals surface area contributed by atoms with Crippen LogP contribution in [0, 0.1) is 0 Å². The molecule has 0 saturated carbocycles. The summed E-state index contributed by atoms with van der Waals surface area (Å²) in [6.07, 6.45) is 1.91. The van der Waals surface area contributed by atoms with Crippen LogP contribution in [-0.4, -0.2) is 11.1 Å². The second-order valence-corrected chi connectivity index (χ2v) is 5.21. The van der Waals surface area contributed by atoms with E-state index in [1.165, 1.54) is 16.7 Å². The molecule has 0 amide bonds. The number of carboxylic acid groups (broad SMARTS) is 1. The third kappa shape index (κ3) is 4.06. The molecule has 0 fully saturated rings. The number of rotatable bonds is 5. The summed E-state index contributed by atoms with van der Waals surface area (Å²) in [7, 11) is 0. The summed E-state index contributed by atoms with van der Waals surface area (Å²) in [6, 6.07) is 15.8. The van der Waals surface area contributed by atoms with Crippen LogP contribution < -0.4 is 0 Å². The van der Waals surface area contributed by atoms with Gasteiger partial charge in [0.2, 0.25) is 0 Å². The third-order valence-electron chi connectivity index (χ3n) is 3.08. The molecule has 98 valence electrons. The lowest BCUT2D eigenvalue weighted by Gasteiger charge is -2.04. The lowest BCUT2D eigenvalue weighted by atomic mass is 10.0. The molecular formula is C16H15IO2. The summed E-state index contributed by atoms with van der Waals surface area (Å²) in [5.74, 6) is -0.874. The number of hydrogen-bond donors (Lipinski definition) is 1. The number of carbonyl (C=O) groups is 1. The van der Waals surface area contributed by atoms with E-state index < -0.39 is 5.97 Å². The molecule has 0 heterocycles. The minimum Gasteiger partial charge on any atom is -0.478 e. The molecule has 0 atom stereocenters. The lowest BCUT2D eigenvalue weighted by molar-refractivity contribution is 0.0697. The molecule has 0 radical (unpaired) electrons. The number of benzene rings is 2. The van der Waals surface area contributed by atoms with Gasteiger partial charge in [-0.05, 0) is 41.7 Å². The molecule has 2 nitrogen and oxygen atoms in total. The summed E-state index contributed by atoms with van der Waals surface area (Å²) in [4.78, 5) is 10.8. The molecule has 3 heteroatoms. The maximum absolute atomic E-state index is 10.8. The minimum absolute atomic E-state index is 0.343. The fourth-order valence-corrected chi connectivity index (χ4v) is 2.41. The van der Waals surface area contributed by atoms with E-state index >= 15 is 0 Å². The van der Waals surface area contributed by atoms with Crippen LogP contribution in [0.15, 0.2) is 48.5 Å². The Bertz CT molecular complexity index is 544. The van der Waals surface area contributed by atoms with Crippen molar-refractivity contribution in [3.63, 3.8) is 0 Å². The second kappa shape index (κ2) is 6.70. The second-order valence-electron chi connectivity index (χ2n) is 4.45. The van der Waals surface area contributed by atoms with Crippen LogP contribution in [-0.2, 0) is 17.3 Å². The van der Waals surface area contributed by atoms with Crippen LogP contribution in [0.4, 0.5) is 0 Å². The van der Waals surface area contributed by atoms with Crippen molar-refractivity contribution < 1.29 is 9.90 Å². The summed E-state index contributed by atoms with van der Waals surface area (Å²) in [5.41, 5.74) is 4.17. The number of halogens is 1. The van der Waals surface area contributed by atoms with Crippen molar-refractivity contribution in [3.05, 3.63) is 70.8 Å². The first-order valence-corrected chi connectivity index (χ1v) is 7.67. The van der Waals surface area contributed by atoms with Gasteiger partial charge in [0.05, 0.1) is 5.56 Å². The SMILES string of the molecule is O=C(O)c1ccc(CCc2ccc(CI)cc2)cc1. The highest BCUT2D eigenvalue weighted by molar-refractivity contribution is 14.1. The highest BCUT2D eigenvalue weighted by atomic mass is 127. The van der Waals surface area contributed by atoms with Gasteiger partial charge in [-0.3, -0.25) is 0 Å².